The van der Waals surface area contributed by atoms with Crippen molar-refractivity contribution in [3.63, 3.8) is 0 Å². The van der Waals surface area contributed by atoms with Gasteiger partial charge < -0.3 is 29.0 Å². The highest BCUT2D eigenvalue weighted by molar-refractivity contribution is 5.79. The van der Waals surface area contributed by atoms with Crippen LogP contribution in [0.25, 0.3) is 0 Å². The third-order valence-electron chi connectivity index (χ3n) is 5.09. The van der Waals surface area contributed by atoms with Gasteiger partial charge in [0.1, 0.15) is 24.1 Å². The predicted molar refractivity (Wildman–Crippen MR) is 95.6 cm³/mol. The molecule has 0 bridgehead atoms. The third kappa shape index (κ3) is 4.06. The number of carbonyl (C=O) groups excluding carboxylic acids is 1. The molecule has 28 heavy (non-hydrogen) atoms. The molecule has 3 saturated heterocycles. The minimum atomic E-state index is -0.799. The summed E-state index contributed by atoms with van der Waals surface area (Å²) in [6.07, 6.45) is -1.75. The smallest absolute Gasteiger partial charge is 0.224 e. The van der Waals surface area contributed by atoms with Crippen molar-refractivity contribution in [2.24, 2.45) is 0 Å². The summed E-state index contributed by atoms with van der Waals surface area (Å²) in [7, 11) is 0. The van der Waals surface area contributed by atoms with Gasteiger partial charge in [0.2, 0.25) is 5.91 Å². The van der Waals surface area contributed by atoms with E-state index >= 15 is 0 Å². The number of hydrogen-bond donors (Lipinski definition) is 1. The van der Waals surface area contributed by atoms with Crippen LogP contribution >= 0.6 is 0 Å². The van der Waals surface area contributed by atoms with Gasteiger partial charge in [-0.25, -0.2) is 4.39 Å². The summed E-state index contributed by atoms with van der Waals surface area (Å²) >= 11 is 0. The molecule has 0 radical (unpaired) electrons. The molecule has 0 aromatic heterocycles. The van der Waals surface area contributed by atoms with Crippen LogP contribution in [0.5, 0.6) is 0 Å². The Labute approximate surface area is 163 Å². The summed E-state index contributed by atoms with van der Waals surface area (Å²) in [5.74, 6) is -2.06. The van der Waals surface area contributed by atoms with E-state index in [-0.39, 0.29) is 24.2 Å². The van der Waals surface area contributed by atoms with Gasteiger partial charge in [-0.05, 0) is 45.4 Å². The van der Waals surface area contributed by atoms with Crippen LogP contribution in [0, 0.1) is 5.82 Å². The van der Waals surface area contributed by atoms with Gasteiger partial charge in [0.25, 0.3) is 0 Å². The van der Waals surface area contributed by atoms with Crippen LogP contribution in [0.1, 0.15) is 33.3 Å². The molecule has 0 unspecified atom stereocenters. The van der Waals surface area contributed by atoms with E-state index in [0.717, 1.165) is 5.56 Å². The zero-order valence-corrected chi connectivity index (χ0v) is 16.4. The third-order valence-corrected chi connectivity index (χ3v) is 5.09. The van der Waals surface area contributed by atoms with Crippen molar-refractivity contribution >= 4 is 5.91 Å². The number of nitrogens with one attached hydrogen (secondary N) is 1. The number of halogens is 1. The topological polar surface area (TPSA) is 75.3 Å². The molecule has 1 amide bonds. The lowest BCUT2D eigenvalue weighted by atomic mass is 10.0. The van der Waals surface area contributed by atoms with Gasteiger partial charge >= 0.3 is 0 Å². The molecule has 1 N–H and O–H groups in total. The molecule has 8 heteroatoms. The average molecular weight is 395 g/mol. The lowest BCUT2D eigenvalue weighted by Crippen LogP contribution is -2.52. The number of carbonyl (C=O) groups is 1. The van der Waals surface area contributed by atoms with Gasteiger partial charge in [-0.2, -0.15) is 0 Å². The maximum atomic E-state index is 13.1. The minimum Gasteiger partial charge on any atom is -0.348 e. The Bertz CT molecular complexity index is 737. The first-order valence-corrected chi connectivity index (χ1v) is 9.49. The van der Waals surface area contributed by atoms with E-state index in [1.807, 2.05) is 13.8 Å². The quantitative estimate of drug-likeness (QED) is 0.839. The molecule has 3 aliphatic heterocycles. The highest BCUT2D eigenvalue weighted by atomic mass is 19.1. The van der Waals surface area contributed by atoms with Gasteiger partial charge in [-0.3, -0.25) is 4.79 Å². The molecular weight excluding hydrogens is 369 g/mol. The Hall–Kier alpha value is -1.58. The van der Waals surface area contributed by atoms with Gasteiger partial charge in [-0.15, -0.1) is 0 Å². The summed E-state index contributed by atoms with van der Waals surface area (Å²) in [6.45, 7) is 7.63. The number of hydrogen-bond acceptors (Lipinski definition) is 6. The number of amides is 1. The van der Waals surface area contributed by atoms with Crippen molar-refractivity contribution in [1.82, 2.24) is 5.32 Å². The molecule has 7 nitrogen and oxygen atoms in total. The highest BCUT2D eigenvalue weighted by Crippen LogP contribution is 2.40. The maximum Gasteiger partial charge on any atom is 0.224 e. The number of ether oxygens (including phenoxy) is 5. The summed E-state index contributed by atoms with van der Waals surface area (Å²) < 4.78 is 42.6. The van der Waals surface area contributed by atoms with E-state index in [1.54, 1.807) is 26.0 Å². The SMILES string of the molecule is CC1(C)O[C@H]2O[C@H]([C@H]3COC(C)(C)O3)[C@@H](NC(=O)Cc3ccc(F)cc3)[C@H]2O1. The molecule has 1 aromatic carbocycles. The van der Waals surface area contributed by atoms with Crippen LogP contribution in [0.2, 0.25) is 0 Å². The second-order valence-corrected chi connectivity index (χ2v) is 8.33. The van der Waals surface area contributed by atoms with Crippen LogP contribution in [0.15, 0.2) is 24.3 Å². The molecule has 1 aromatic rings. The van der Waals surface area contributed by atoms with Gasteiger partial charge in [0, 0.05) is 0 Å². The first-order chi connectivity index (χ1) is 13.1. The lowest BCUT2D eigenvalue weighted by molar-refractivity contribution is -0.223. The van der Waals surface area contributed by atoms with E-state index in [4.69, 9.17) is 23.7 Å². The molecule has 0 spiro atoms. The Balaban J connectivity index is 1.48. The molecule has 3 heterocycles. The predicted octanol–water partition coefficient (Wildman–Crippen LogP) is 1.88. The fraction of sp³-hybridized carbons (Fsp3) is 0.650. The van der Waals surface area contributed by atoms with Crippen molar-refractivity contribution in [2.75, 3.05) is 6.61 Å². The normalized spacial score (nSPS) is 35.7. The van der Waals surface area contributed by atoms with Crippen molar-refractivity contribution in [3.8, 4) is 0 Å². The Kier molecular flexibility index (Phi) is 4.96. The Morgan fingerprint density at radius 3 is 2.43 bits per heavy atom. The molecule has 0 aliphatic carbocycles. The molecule has 0 saturated carbocycles. The molecule has 154 valence electrons. The zero-order valence-electron chi connectivity index (χ0n) is 16.4. The fourth-order valence-electron chi connectivity index (χ4n) is 3.92. The van der Waals surface area contributed by atoms with Crippen LogP contribution < -0.4 is 5.32 Å². The van der Waals surface area contributed by atoms with E-state index in [0.29, 0.717) is 6.61 Å². The van der Waals surface area contributed by atoms with Crippen LogP contribution in [-0.4, -0.2) is 54.7 Å². The van der Waals surface area contributed by atoms with E-state index < -0.39 is 36.1 Å². The second kappa shape index (κ2) is 7.03. The van der Waals surface area contributed by atoms with Gasteiger partial charge in [0.05, 0.1) is 19.1 Å². The van der Waals surface area contributed by atoms with Crippen LogP contribution in [0.3, 0.4) is 0 Å². The minimum absolute atomic E-state index is 0.124. The van der Waals surface area contributed by atoms with Crippen molar-refractivity contribution in [2.45, 2.75) is 76.3 Å². The molecular formula is C20H26FNO6. The van der Waals surface area contributed by atoms with Crippen molar-refractivity contribution < 1.29 is 32.9 Å². The number of fused-ring (bicyclic) bond motifs is 1. The summed E-state index contributed by atoms with van der Waals surface area (Å²) in [5, 5.41) is 3.01. The number of benzene rings is 1. The standard InChI is InChI=1S/C20H26FNO6/c1-19(2)24-10-13(26-19)16-15(17-18(25-16)28-20(3,4)27-17)22-14(23)9-11-5-7-12(21)8-6-11/h5-8,13,15-18H,9-10H2,1-4H3,(H,22,23)/t13-,15-,16-,17-,18-/m1/s1. The van der Waals surface area contributed by atoms with E-state index in [1.165, 1.54) is 12.1 Å². The molecule has 3 aliphatic rings. The summed E-state index contributed by atoms with van der Waals surface area (Å²) in [5.41, 5.74) is 0.719. The molecule has 3 fully saturated rings. The second-order valence-electron chi connectivity index (χ2n) is 8.33. The van der Waals surface area contributed by atoms with E-state index in [9.17, 15) is 9.18 Å². The van der Waals surface area contributed by atoms with Gasteiger partial charge in [-0.1, -0.05) is 12.1 Å². The lowest BCUT2D eigenvalue weighted by Gasteiger charge is -2.29. The summed E-state index contributed by atoms with van der Waals surface area (Å²) in [6, 6.07) is 5.40. The Morgan fingerprint density at radius 1 is 1.07 bits per heavy atom. The van der Waals surface area contributed by atoms with Gasteiger partial charge in [0.15, 0.2) is 17.9 Å². The first kappa shape index (κ1) is 19.7. The van der Waals surface area contributed by atoms with Crippen molar-refractivity contribution in [3.05, 3.63) is 35.6 Å². The molecule has 4 rings (SSSR count). The van der Waals surface area contributed by atoms with Crippen LogP contribution in [-0.2, 0) is 34.9 Å². The monoisotopic (exact) mass is 395 g/mol. The fourth-order valence-corrected chi connectivity index (χ4v) is 3.92. The van der Waals surface area contributed by atoms with E-state index in [2.05, 4.69) is 5.32 Å². The van der Waals surface area contributed by atoms with Crippen LogP contribution in [0.4, 0.5) is 4.39 Å². The average Bonchev–Trinajstić information content (AvgIpc) is 3.20. The zero-order chi connectivity index (χ0) is 20.1. The Morgan fingerprint density at radius 2 is 1.79 bits per heavy atom. The first-order valence-electron chi connectivity index (χ1n) is 9.49. The maximum absolute atomic E-state index is 13.1. The van der Waals surface area contributed by atoms with Crippen molar-refractivity contribution in [1.29, 1.82) is 0 Å². The summed E-state index contributed by atoms with van der Waals surface area (Å²) in [4.78, 5) is 12.7. The number of rotatable bonds is 4. The molecule has 5 atom stereocenters. The highest BCUT2D eigenvalue weighted by Gasteiger charge is 2.58. The largest absolute Gasteiger partial charge is 0.348 e.